The third-order valence-corrected chi connectivity index (χ3v) is 3.67. The van der Waals surface area contributed by atoms with Crippen LogP contribution in [0.3, 0.4) is 0 Å². The number of aliphatic carboxylic acids is 1. The van der Waals surface area contributed by atoms with Gasteiger partial charge in [0, 0.05) is 0 Å². The Morgan fingerprint density at radius 2 is 2.00 bits per heavy atom. The van der Waals surface area contributed by atoms with Crippen LogP contribution in [0.2, 0.25) is 0 Å². The van der Waals surface area contributed by atoms with Gasteiger partial charge < -0.3 is 15.6 Å². The zero-order chi connectivity index (χ0) is 16.0. The average molecular weight is 301 g/mol. The molecule has 1 aliphatic carbocycles. The van der Waals surface area contributed by atoms with Crippen molar-refractivity contribution < 1.29 is 19.4 Å². The van der Waals surface area contributed by atoms with Gasteiger partial charge in [0.1, 0.15) is 12.6 Å². The smallest absolute Gasteiger partial charge is 0.320 e. The van der Waals surface area contributed by atoms with Crippen LogP contribution in [0.25, 0.3) is 0 Å². The van der Waals surface area contributed by atoms with E-state index in [9.17, 15) is 9.59 Å². The molecule has 5 heteroatoms. The maximum absolute atomic E-state index is 12.5. The van der Waals surface area contributed by atoms with Crippen molar-refractivity contribution in [1.29, 1.82) is 0 Å². The van der Waals surface area contributed by atoms with Crippen LogP contribution in [-0.2, 0) is 20.9 Å². The quantitative estimate of drug-likeness (QED) is 0.785. The summed E-state index contributed by atoms with van der Waals surface area (Å²) in [7, 11) is 0. The molecule has 0 fully saturated rings. The van der Waals surface area contributed by atoms with Gasteiger partial charge in [0.2, 0.25) is 0 Å². The summed E-state index contributed by atoms with van der Waals surface area (Å²) in [6.45, 7) is 0.154. The van der Waals surface area contributed by atoms with Crippen LogP contribution in [0.5, 0.6) is 0 Å². The molecular formula is C17H19NO4. The molecule has 5 nitrogen and oxygen atoms in total. The van der Waals surface area contributed by atoms with Crippen LogP contribution < -0.4 is 5.73 Å². The van der Waals surface area contributed by atoms with Crippen molar-refractivity contribution in [3.63, 3.8) is 0 Å². The summed E-state index contributed by atoms with van der Waals surface area (Å²) >= 11 is 0. The predicted octanol–water partition coefficient (Wildman–Crippen LogP) is 2.03. The van der Waals surface area contributed by atoms with Gasteiger partial charge in [0.15, 0.2) is 0 Å². The second kappa shape index (κ2) is 7.04. The monoisotopic (exact) mass is 301 g/mol. The number of carboxylic acids is 1. The number of hydrogen-bond donors (Lipinski definition) is 2. The second-order valence-electron chi connectivity index (χ2n) is 5.36. The van der Waals surface area contributed by atoms with Crippen LogP contribution >= 0.6 is 0 Å². The van der Waals surface area contributed by atoms with Crippen molar-refractivity contribution in [2.45, 2.75) is 25.5 Å². The molecule has 0 spiro atoms. The molecule has 0 amide bonds. The zero-order valence-corrected chi connectivity index (χ0v) is 12.1. The molecule has 0 heterocycles. The summed E-state index contributed by atoms with van der Waals surface area (Å²) in [5.74, 6) is -1.58. The minimum atomic E-state index is -1.13. The number of carbonyl (C=O) groups is 2. The van der Waals surface area contributed by atoms with E-state index >= 15 is 0 Å². The van der Waals surface area contributed by atoms with Crippen LogP contribution in [0, 0.1) is 5.41 Å². The number of benzene rings is 1. The highest BCUT2D eigenvalue weighted by molar-refractivity contribution is 5.82. The van der Waals surface area contributed by atoms with E-state index in [1.807, 2.05) is 42.5 Å². The summed E-state index contributed by atoms with van der Waals surface area (Å²) < 4.78 is 5.38. The molecule has 0 saturated carbocycles. The average Bonchev–Trinajstić information content (AvgIpc) is 2.54. The Balaban J connectivity index is 2.08. The Morgan fingerprint density at radius 1 is 1.27 bits per heavy atom. The molecule has 22 heavy (non-hydrogen) atoms. The lowest BCUT2D eigenvalue weighted by Gasteiger charge is -2.30. The molecule has 116 valence electrons. The van der Waals surface area contributed by atoms with Gasteiger partial charge in [0.05, 0.1) is 5.41 Å². The van der Waals surface area contributed by atoms with Crippen LogP contribution in [0.1, 0.15) is 18.4 Å². The minimum Gasteiger partial charge on any atom is -0.480 e. The highest BCUT2D eigenvalue weighted by atomic mass is 16.5. The Labute approximate surface area is 129 Å². The molecule has 0 aromatic heterocycles. The number of esters is 1. The molecule has 2 rings (SSSR count). The normalized spacial score (nSPS) is 21.3. The SMILES string of the molecule is NC(CC1(C(=O)OCc2ccccc2)C=CC=CC1)C(=O)O. The number of allylic oxidation sites excluding steroid dienone is 3. The number of ether oxygens (including phenoxy) is 1. The molecule has 2 atom stereocenters. The molecule has 0 radical (unpaired) electrons. The fraction of sp³-hybridized carbons (Fsp3) is 0.294. The van der Waals surface area contributed by atoms with Crippen molar-refractivity contribution in [2.75, 3.05) is 0 Å². The number of carboxylic acid groups (broad SMARTS) is 1. The predicted molar refractivity (Wildman–Crippen MR) is 81.8 cm³/mol. The van der Waals surface area contributed by atoms with Crippen molar-refractivity contribution in [2.24, 2.45) is 11.1 Å². The van der Waals surface area contributed by atoms with Gasteiger partial charge in [-0.1, -0.05) is 54.6 Å². The van der Waals surface area contributed by atoms with Gasteiger partial charge in [-0.15, -0.1) is 0 Å². The Kier molecular flexibility index (Phi) is 5.12. The number of nitrogens with two attached hydrogens (primary N) is 1. The van der Waals surface area contributed by atoms with Crippen molar-refractivity contribution in [3.05, 3.63) is 60.2 Å². The summed E-state index contributed by atoms with van der Waals surface area (Å²) in [4.78, 5) is 23.5. The Bertz CT molecular complexity index is 594. The van der Waals surface area contributed by atoms with Crippen LogP contribution in [0.15, 0.2) is 54.6 Å². The van der Waals surface area contributed by atoms with E-state index in [2.05, 4.69) is 0 Å². The maximum atomic E-state index is 12.5. The third kappa shape index (κ3) is 3.83. The van der Waals surface area contributed by atoms with Crippen LogP contribution in [-0.4, -0.2) is 23.1 Å². The molecule has 0 aliphatic heterocycles. The van der Waals surface area contributed by atoms with Gasteiger partial charge in [-0.2, -0.15) is 0 Å². The summed E-state index contributed by atoms with van der Waals surface area (Å²) in [6.07, 6.45) is 7.44. The van der Waals surface area contributed by atoms with Crippen molar-refractivity contribution in [3.8, 4) is 0 Å². The Hall–Kier alpha value is -2.40. The van der Waals surface area contributed by atoms with E-state index in [0.29, 0.717) is 6.42 Å². The first-order valence-corrected chi connectivity index (χ1v) is 7.07. The summed E-state index contributed by atoms with van der Waals surface area (Å²) in [6, 6.07) is 8.22. The zero-order valence-electron chi connectivity index (χ0n) is 12.1. The number of carbonyl (C=O) groups excluding carboxylic acids is 1. The largest absolute Gasteiger partial charge is 0.480 e. The highest BCUT2D eigenvalue weighted by Crippen LogP contribution is 2.34. The van der Waals surface area contributed by atoms with E-state index in [-0.39, 0.29) is 13.0 Å². The van der Waals surface area contributed by atoms with E-state index < -0.39 is 23.4 Å². The molecular weight excluding hydrogens is 282 g/mol. The third-order valence-electron chi connectivity index (χ3n) is 3.67. The van der Waals surface area contributed by atoms with Gasteiger partial charge in [-0.05, 0) is 18.4 Å². The lowest BCUT2D eigenvalue weighted by molar-refractivity contribution is -0.155. The standard InChI is InChI=1S/C17H19NO4/c18-14(15(19)20)11-17(9-5-2-6-10-17)16(21)22-12-13-7-3-1-4-8-13/h1-9,14H,10-12,18H2,(H,19,20). The highest BCUT2D eigenvalue weighted by Gasteiger charge is 2.40. The molecule has 0 bridgehead atoms. The second-order valence-corrected chi connectivity index (χ2v) is 5.36. The summed E-state index contributed by atoms with van der Waals surface area (Å²) in [5, 5.41) is 9.00. The van der Waals surface area contributed by atoms with E-state index in [0.717, 1.165) is 5.56 Å². The van der Waals surface area contributed by atoms with Crippen molar-refractivity contribution >= 4 is 11.9 Å². The van der Waals surface area contributed by atoms with Crippen molar-refractivity contribution in [1.82, 2.24) is 0 Å². The first-order chi connectivity index (χ1) is 10.5. The lowest BCUT2D eigenvalue weighted by atomic mass is 9.76. The van der Waals surface area contributed by atoms with Crippen LogP contribution in [0.4, 0.5) is 0 Å². The number of hydrogen-bond acceptors (Lipinski definition) is 4. The maximum Gasteiger partial charge on any atom is 0.320 e. The molecule has 3 N–H and O–H groups in total. The molecule has 0 saturated heterocycles. The summed E-state index contributed by atoms with van der Waals surface area (Å²) in [5.41, 5.74) is 5.48. The first-order valence-electron chi connectivity index (χ1n) is 7.07. The number of rotatable bonds is 6. The van der Waals surface area contributed by atoms with E-state index in [4.69, 9.17) is 15.6 Å². The van der Waals surface area contributed by atoms with E-state index in [1.165, 1.54) is 0 Å². The minimum absolute atomic E-state index is 0.0107. The van der Waals surface area contributed by atoms with Gasteiger partial charge in [0.25, 0.3) is 0 Å². The molecule has 1 aromatic rings. The lowest BCUT2D eigenvalue weighted by Crippen LogP contribution is -2.41. The fourth-order valence-corrected chi connectivity index (χ4v) is 2.40. The molecule has 1 aliphatic rings. The Morgan fingerprint density at radius 3 is 2.59 bits per heavy atom. The van der Waals surface area contributed by atoms with E-state index in [1.54, 1.807) is 12.2 Å². The molecule has 2 unspecified atom stereocenters. The van der Waals surface area contributed by atoms with Gasteiger partial charge in [-0.25, -0.2) is 0 Å². The first kappa shape index (κ1) is 16.0. The fourth-order valence-electron chi connectivity index (χ4n) is 2.40. The topological polar surface area (TPSA) is 89.6 Å². The van der Waals surface area contributed by atoms with Gasteiger partial charge >= 0.3 is 11.9 Å². The molecule has 1 aromatic carbocycles. The van der Waals surface area contributed by atoms with Gasteiger partial charge in [-0.3, -0.25) is 9.59 Å².